The summed E-state index contributed by atoms with van der Waals surface area (Å²) in [5, 5.41) is 12.3. The van der Waals surface area contributed by atoms with Crippen LogP contribution in [0.15, 0.2) is 53.9 Å². The van der Waals surface area contributed by atoms with E-state index in [2.05, 4.69) is 40.4 Å². The first-order chi connectivity index (χ1) is 13.8. The number of thioether (sulfide) groups is 1. The number of aryl methyl sites for hydroxylation is 1. The quantitative estimate of drug-likeness (QED) is 0.585. The van der Waals surface area contributed by atoms with Gasteiger partial charge >= 0.3 is 0 Å². The second-order valence-corrected chi connectivity index (χ2v) is 8.96. The van der Waals surface area contributed by atoms with Gasteiger partial charge in [-0.1, -0.05) is 36.9 Å². The first-order valence-electron chi connectivity index (χ1n) is 9.73. The molecule has 3 rings (SSSR count). The topological polar surface area (TPSA) is 72.7 Å². The van der Waals surface area contributed by atoms with Crippen molar-refractivity contribution in [3.8, 4) is 17.1 Å². The van der Waals surface area contributed by atoms with E-state index in [1.807, 2.05) is 55.7 Å². The summed E-state index contributed by atoms with van der Waals surface area (Å²) in [5.74, 6) is 0.720. The molecule has 0 saturated heterocycles. The van der Waals surface area contributed by atoms with Crippen LogP contribution < -0.4 is 5.32 Å². The van der Waals surface area contributed by atoms with Gasteiger partial charge in [-0.3, -0.25) is 14.3 Å². The van der Waals surface area contributed by atoms with Crippen molar-refractivity contribution in [2.75, 3.05) is 0 Å². The van der Waals surface area contributed by atoms with E-state index < -0.39 is 0 Å². The van der Waals surface area contributed by atoms with E-state index in [1.165, 1.54) is 11.8 Å². The summed E-state index contributed by atoms with van der Waals surface area (Å²) in [6.45, 7) is 10.1. The zero-order chi connectivity index (χ0) is 21.0. The number of amides is 1. The number of carbonyl (C=O) groups excluding carboxylic acids is 1. The third kappa shape index (κ3) is 4.85. The number of hydrogen-bond donors (Lipinski definition) is 1. The first kappa shape index (κ1) is 21.0. The smallest absolute Gasteiger partial charge is 0.233 e. The van der Waals surface area contributed by atoms with Gasteiger partial charge in [-0.05, 0) is 57.9 Å². The molecule has 2 aromatic heterocycles. The molecule has 3 aromatic rings. The molecule has 1 N–H and O–H groups in total. The van der Waals surface area contributed by atoms with Crippen LogP contribution in [-0.4, -0.2) is 36.4 Å². The molecule has 1 unspecified atom stereocenters. The van der Waals surface area contributed by atoms with E-state index in [0.717, 1.165) is 29.1 Å². The molecule has 7 heteroatoms. The van der Waals surface area contributed by atoms with Crippen molar-refractivity contribution in [1.82, 2.24) is 25.1 Å². The lowest BCUT2D eigenvalue weighted by atomic mass is 10.0. The Hall–Kier alpha value is -2.67. The number of nitrogens with one attached hydrogen (secondary N) is 1. The Bertz CT molecular complexity index is 984. The zero-order valence-corrected chi connectivity index (χ0v) is 18.3. The Labute approximate surface area is 176 Å². The van der Waals surface area contributed by atoms with Gasteiger partial charge in [0.1, 0.15) is 0 Å². The molecule has 0 saturated carbocycles. The van der Waals surface area contributed by atoms with Crippen molar-refractivity contribution in [2.24, 2.45) is 0 Å². The average Bonchev–Trinajstić information content (AvgIpc) is 3.12. The minimum atomic E-state index is -0.307. The normalized spacial score (nSPS) is 12.6. The summed E-state index contributed by atoms with van der Waals surface area (Å²) in [6.07, 6.45) is 4.34. The molecule has 1 atom stereocenters. The summed E-state index contributed by atoms with van der Waals surface area (Å²) in [5.41, 5.74) is 2.78. The van der Waals surface area contributed by atoms with Crippen molar-refractivity contribution < 1.29 is 4.79 Å². The monoisotopic (exact) mass is 409 g/mol. The fourth-order valence-corrected chi connectivity index (χ4v) is 3.66. The van der Waals surface area contributed by atoms with E-state index in [-0.39, 0.29) is 16.7 Å². The number of hydrogen-bond acceptors (Lipinski definition) is 5. The standard InChI is InChI=1S/C22H27N5OS/c1-6-22(4,5)24-20(28)16(3)29-21-26-25-19(17-11-13-23-14-12-17)27(21)18-10-8-7-9-15(18)2/h7-14,16H,6H2,1-5H3,(H,24,28). The Balaban J connectivity index is 1.99. The van der Waals surface area contributed by atoms with Gasteiger partial charge in [-0.25, -0.2) is 0 Å². The summed E-state index contributed by atoms with van der Waals surface area (Å²) >= 11 is 1.41. The Morgan fingerprint density at radius 3 is 2.52 bits per heavy atom. The van der Waals surface area contributed by atoms with Gasteiger partial charge in [-0.2, -0.15) is 0 Å². The Morgan fingerprint density at radius 1 is 1.17 bits per heavy atom. The van der Waals surface area contributed by atoms with Gasteiger partial charge in [0.05, 0.1) is 10.9 Å². The SMILES string of the molecule is CCC(C)(C)NC(=O)C(C)Sc1nnc(-c2ccncc2)n1-c1ccccc1C. The second-order valence-electron chi connectivity index (χ2n) is 7.65. The molecule has 152 valence electrons. The molecule has 29 heavy (non-hydrogen) atoms. The lowest BCUT2D eigenvalue weighted by Crippen LogP contribution is -2.46. The molecule has 2 heterocycles. The van der Waals surface area contributed by atoms with Crippen LogP contribution in [-0.2, 0) is 4.79 Å². The van der Waals surface area contributed by atoms with E-state index in [9.17, 15) is 4.79 Å². The van der Waals surface area contributed by atoms with E-state index in [1.54, 1.807) is 12.4 Å². The number of aromatic nitrogens is 4. The highest BCUT2D eigenvalue weighted by atomic mass is 32.2. The highest BCUT2D eigenvalue weighted by Crippen LogP contribution is 2.31. The maximum Gasteiger partial charge on any atom is 0.233 e. The van der Waals surface area contributed by atoms with Crippen molar-refractivity contribution in [3.63, 3.8) is 0 Å². The van der Waals surface area contributed by atoms with Crippen LogP contribution in [0.25, 0.3) is 17.1 Å². The number of pyridine rings is 1. The van der Waals surface area contributed by atoms with E-state index >= 15 is 0 Å². The Morgan fingerprint density at radius 2 is 1.86 bits per heavy atom. The van der Waals surface area contributed by atoms with E-state index in [4.69, 9.17) is 0 Å². The van der Waals surface area contributed by atoms with Gasteiger partial charge in [-0.15, -0.1) is 10.2 Å². The zero-order valence-electron chi connectivity index (χ0n) is 17.5. The Kier molecular flexibility index (Phi) is 6.37. The minimum Gasteiger partial charge on any atom is -0.350 e. The van der Waals surface area contributed by atoms with Crippen LogP contribution in [0.3, 0.4) is 0 Å². The summed E-state index contributed by atoms with van der Waals surface area (Å²) in [6, 6.07) is 11.9. The van der Waals surface area contributed by atoms with Crippen LogP contribution in [0.5, 0.6) is 0 Å². The van der Waals surface area contributed by atoms with Gasteiger partial charge in [0.25, 0.3) is 0 Å². The van der Waals surface area contributed by atoms with Crippen LogP contribution >= 0.6 is 11.8 Å². The van der Waals surface area contributed by atoms with Crippen molar-refractivity contribution in [2.45, 2.75) is 57.0 Å². The maximum atomic E-state index is 12.7. The van der Waals surface area contributed by atoms with Gasteiger partial charge < -0.3 is 5.32 Å². The first-order valence-corrected chi connectivity index (χ1v) is 10.6. The van der Waals surface area contributed by atoms with Crippen LogP contribution in [0.1, 0.15) is 39.7 Å². The molecular weight excluding hydrogens is 382 g/mol. The molecule has 1 aromatic carbocycles. The summed E-state index contributed by atoms with van der Waals surface area (Å²) in [4.78, 5) is 16.8. The lowest BCUT2D eigenvalue weighted by molar-refractivity contribution is -0.121. The van der Waals surface area contributed by atoms with Crippen molar-refractivity contribution >= 4 is 17.7 Å². The van der Waals surface area contributed by atoms with Crippen LogP contribution in [0, 0.1) is 6.92 Å². The molecule has 0 bridgehead atoms. The molecule has 0 spiro atoms. The van der Waals surface area contributed by atoms with Gasteiger partial charge in [0, 0.05) is 23.5 Å². The molecule has 0 aliphatic carbocycles. The predicted molar refractivity (Wildman–Crippen MR) is 117 cm³/mol. The highest BCUT2D eigenvalue weighted by Gasteiger charge is 2.25. The number of rotatable bonds is 7. The lowest BCUT2D eigenvalue weighted by Gasteiger charge is -2.26. The molecule has 0 aliphatic heterocycles. The molecule has 0 radical (unpaired) electrons. The largest absolute Gasteiger partial charge is 0.350 e. The maximum absolute atomic E-state index is 12.7. The molecule has 0 fully saturated rings. The minimum absolute atomic E-state index is 0.00774. The summed E-state index contributed by atoms with van der Waals surface area (Å²) < 4.78 is 2.02. The molecule has 0 aliphatic rings. The van der Waals surface area contributed by atoms with Crippen LogP contribution in [0.2, 0.25) is 0 Å². The fourth-order valence-electron chi connectivity index (χ4n) is 2.80. The third-order valence-electron chi connectivity index (χ3n) is 4.93. The fraction of sp³-hybridized carbons (Fsp3) is 0.364. The van der Waals surface area contributed by atoms with E-state index in [0.29, 0.717) is 5.16 Å². The van der Waals surface area contributed by atoms with Gasteiger partial charge in [0.2, 0.25) is 5.91 Å². The number of benzene rings is 1. The third-order valence-corrected chi connectivity index (χ3v) is 5.97. The number of para-hydroxylation sites is 1. The van der Waals surface area contributed by atoms with Crippen molar-refractivity contribution in [3.05, 3.63) is 54.4 Å². The second kappa shape index (κ2) is 8.78. The number of carbonyl (C=O) groups is 1. The predicted octanol–water partition coefficient (Wildman–Crippen LogP) is 4.42. The highest BCUT2D eigenvalue weighted by molar-refractivity contribution is 8.00. The number of nitrogens with zero attached hydrogens (tertiary/aromatic N) is 4. The average molecular weight is 410 g/mol. The molecular formula is C22H27N5OS. The summed E-state index contributed by atoms with van der Waals surface area (Å²) in [7, 11) is 0. The molecule has 1 amide bonds. The van der Waals surface area contributed by atoms with Gasteiger partial charge in [0.15, 0.2) is 11.0 Å². The van der Waals surface area contributed by atoms with Crippen molar-refractivity contribution in [1.29, 1.82) is 0 Å². The van der Waals surface area contributed by atoms with Crippen LogP contribution in [0.4, 0.5) is 0 Å². The molecule has 6 nitrogen and oxygen atoms in total.